The van der Waals surface area contributed by atoms with E-state index in [1.807, 2.05) is 30.3 Å². The lowest BCUT2D eigenvalue weighted by Gasteiger charge is -2.44. The minimum absolute atomic E-state index is 0.0702. The maximum absolute atomic E-state index is 12.7. The quantitative estimate of drug-likeness (QED) is 0.639. The number of carbonyl (C=O) groups is 1. The van der Waals surface area contributed by atoms with E-state index in [2.05, 4.69) is 29.6 Å². The number of allylic oxidation sites excluding steroid dienone is 1. The first-order valence-electron chi connectivity index (χ1n) is 8.93. The number of carbonyl (C=O) groups excluding carboxylic acids is 1. The molecule has 122 valence electrons. The van der Waals surface area contributed by atoms with Crippen LogP contribution >= 0.6 is 0 Å². The molecule has 0 aromatic heterocycles. The van der Waals surface area contributed by atoms with Crippen LogP contribution < -0.4 is 5.32 Å². The molecule has 2 aromatic carbocycles. The SMILES string of the molecule is O=C(/C=C1\NC2(CCCCC2)Cc2ccccc21)c1ccccc1. The fourth-order valence-electron chi connectivity index (χ4n) is 4.16. The summed E-state index contributed by atoms with van der Waals surface area (Å²) in [6, 6.07) is 18.0. The van der Waals surface area contributed by atoms with Crippen LogP contribution in [-0.2, 0) is 6.42 Å². The van der Waals surface area contributed by atoms with Crippen LogP contribution in [0.25, 0.3) is 5.70 Å². The van der Waals surface area contributed by atoms with E-state index in [9.17, 15) is 4.79 Å². The lowest BCUT2D eigenvalue weighted by atomic mass is 9.74. The van der Waals surface area contributed by atoms with Crippen molar-refractivity contribution < 1.29 is 4.79 Å². The van der Waals surface area contributed by atoms with Crippen molar-refractivity contribution in [2.45, 2.75) is 44.1 Å². The van der Waals surface area contributed by atoms with E-state index in [0.29, 0.717) is 0 Å². The van der Waals surface area contributed by atoms with E-state index in [1.165, 1.54) is 43.2 Å². The van der Waals surface area contributed by atoms with Gasteiger partial charge in [-0.2, -0.15) is 0 Å². The molecule has 24 heavy (non-hydrogen) atoms. The van der Waals surface area contributed by atoms with Crippen molar-refractivity contribution in [2.24, 2.45) is 0 Å². The summed E-state index contributed by atoms with van der Waals surface area (Å²) in [5, 5.41) is 3.77. The van der Waals surface area contributed by atoms with Crippen LogP contribution in [0.5, 0.6) is 0 Å². The van der Waals surface area contributed by atoms with Crippen molar-refractivity contribution in [3.05, 3.63) is 77.4 Å². The Morgan fingerprint density at radius 2 is 1.62 bits per heavy atom. The number of fused-ring (bicyclic) bond motifs is 1. The molecule has 1 saturated carbocycles. The number of hydrogen-bond acceptors (Lipinski definition) is 2. The van der Waals surface area contributed by atoms with E-state index in [0.717, 1.165) is 17.7 Å². The second-order valence-electron chi connectivity index (χ2n) is 7.09. The first-order chi connectivity index (χ1) is 11.8. The van der Waals surface area contributed by atoms with E-state index in [1.54, 1.807) is 6.08 Å². The molecule has 2 heteroatoms. The van der Waals surface area contributed by atoms with Gasteiger partial charge in [0, 0.05) is 28.4 Å². The van der Waals surface area contributed by atoms with Gasteiger partial charge < -0.3 is 5.32 Å². The lowest BCUT2D eigenvalue weighted by molar-refractivity contribution is 0.104. The normalized spacial score (nSPS) is 20.4. The summed E-state index contributed by atoms with van der Waals surface area (Å²) < 4.78 is 0. The molecule has 0 saturated heterocycles. The van der Waals surface area contributed by atoms with E-state index in [4.69, 9.17) is 0 Å². The number of hydrogen-bond donors (Lipinski definition) is 1. The molecule has 2 aromatic rings. The maximum Gasteiger partial charge on any atom is 0.187 e. The van der Waals surface area contributed by atoms with Gasteiger partial charge in [0.25, 0.3) is 0 Å². The minimum Gasteiger partial charge on any atom is -0.379 e. The molecule has 0 atom stereocenters. The fraction of sp³-hybridized carbons (Fsp3) is 0.318. The van der Waals surface area contributed by atoms with Gasteiger partial charge in [-0.1, -0.05) is 73.9 Å². The zero-order valence-electron chi connectivity index (χ0n) is 13.9. The third-order valence-electron chi connectivity index (χ3n) is 5.38. The Morgan fingerprint density at radius 3 is 2.42 bits per heavy atom. The van der Waals surface area contributed by atoms with E-state index < -0.39 is 0 Å². The molecule has 2 nitrogen and oxygen atoms in total. The summed E-state index contributed by atoms with van der Waals surface area (Å²) in [5.41, 5.74) is 4.42. The summed E-state index contributed by atoms with van der Waals surface area (Å²) in [7, 11) is 0. The van der Waals surface area contributed by atoms with Gasteiger partial charge in [0.1, 0.15) is 0 Å². The molecule has 2 aliphatic rings. The minimum atomic E-state index is 0.0702. The topological polar surface area (TPSA) is 29.1 Å². The third-order valence-corrected chi connectivity index (χ3v) is 5.38. The Labute approximate surface area is 143 Å². The van der Waals surface area contributed by atoms with Crippen LogP contribution in [0.3, 0.4) is 0 Å². The largest absolute Gasteiger partial charge is 0.379 e. The summed E-state index contributed by atoms with van der Waals surface area (Å²) in [6.07, 6.45) is 9.12. The van der Waals surface area contributed by atoms with Crippen LogP contribution in [0.4, 0.5) is 0 Å². The predicted molar refractivity (Wildman–Crippen MR) is 97.8 cm³/mol. The molecule has 0 radical (unpaired) electrons. The Balaban J connectivity index is 1.73. The van der Waals surface area contributed by atoms with Gasteiger partial charge in [0.15, 0.2) is 5.78 Å². The van der Waals surface area contributed by atoms with Gasteiger partial charge in [-0.3, -0.25) is 4.79 Å². The van der Waals surface area contributed by atoms with Crippen molar-refractivity contribution >= 4 is 11.5 Å². The van der Waals surface area contributed by atoms with Gasteiger partial charge in [-0.15, -0.1) is 0 Å². The molecule has 0 bridgehead atoms. The molecule has 1 N–H and O–H groups in total. The highest BCUT2D eigenvalue weighted by atomic mass is 16.1. The average molecular weight is 317 g/mol. The van der Waals surface area contributed by atoms with Crippen molar-refractivity contribution in [1.82, 2.24) is 5.32 Å². The molecule has 0 unspecified atom stereocenters. The van der Waals surface area contributed by atoms with Crippen molar-refractivity contribution in [1.29, 1.82) is 0 Å². The van der Waals surface area contributed by atoms with E-state index >= 15 is 0 Å². The maximum atomic E-state index is 12.7. The van der Waals surface area contributed by atoms with E-state index in [-0.39, 0.29) is 11.3 Å². The van der Waals surface area contributed by atoms with Crippen LogP contribution in [0.2, 0.25) is 0 Å². The summed E-state index contributed by atoms with van der Waals surface area (Å²) in [4.78, 5) is 12.7. The molecule has 1 aliphatic carbocycles. The highest BCUT2D eigenvalue weighted by Crippen LogP contribution is 2.38. The zero-order chi connectivity index (χ0) is 16.4. The Bertz CT molecular complexity index is 770. The first-order valence-corrected chi connectivity index (χ1v) is 8.93. The first kappa shape index (κ1) is 15.2. The number of nitrogens with one attached hydrogen (secondary N) is 1. The van der Waals surface area contributed by atoms with Crippen LogP contribution in [0.1, 0.15) is 53.6 Å². The summed E-state index contributed by atoms with van der Waals surface area (Å²) in [6.45, 7) is 0. The van der Waals surface area contributed by atoms with Gasteiger partial charge in [-0.05, 0) is 24.8 Å². The molecular formula is C22H23NO. The van der Waals surface area contributed by atoms with Crippen LogP contribution in [0, 0.1) is 0 Å². The Morgan fingerprint density at radius 1 is 0.917 bits per heavy atom. The van der Waals surface area contributed by atoms with Gasteiger partial charge in [0.05, 0.1) is 0 Å². The number of rotatable bonds is 2. The molecule has 1 spiro atoms. The van der Waals surface area contributed by atoms with Gasteiger partial charge in [0.2, 0.25) is 0 Å². The average Bonchev–Trinajstić information content (AvgIpc) is 2.63. The van der Waals surface area contributed by atoms with Gasteiger partial charge in [-0.25, -0.2) is 0 Å². The molecule has 1 aliphatic heterocycles. The highest BCUT2D eigenvalue weighted by Gasteiger charge is 2.37. The van der Waals surface area contributed by atoms with Crippen molar-refractivity contribution in [2.75, 3.05) is 0 Å². The molecule has 4 rings (SSSR count). The van der Waals surface area contributed by atoms with Crippen LogP contribution in [0.15, 0.2) is 60.7 Å². The van der Waals surface area contributed by atoms with Gasteiger partial charge >= 0.3 is 0 Å². The summed E-state index contributed by atoms with van der Waals surface area (Å²) in [5.74, 6) is 0.0702. The molecular weight excluding hydrogens is 294 g/mol. The lowest BCUT2D eigenvalue weighted by Crippen LogP contribution is -2.50. The molecule has 0 amide bonds. The second-order valence-corrected chi connectivity index (χ2v) is 7.09. The standard InChI is InChI=1S/C22H23NO/c24-21(17-9-3-1-4-10-17)15-20-19-12-6-5-11-18(19)16-22(23-20)13-7-2-8-14-22/h1,3-6,9-12,15,23H,2,7-8,13-14,16H2/b20-15-. The molecule has 1 heterocycles. The monoisotopic (exact) mass is 317 g/mol. The van der Waals surface area contributed by atoms with Crippen molar-refractivity contribution in [3.63, 3.8) is 0 Å². The number of ketones is 1. The van der Waals surface area contributed by atoms with Crippen LogP contribution in [-0.4, -0.2) is 11.3 Å². The third kappa shape index (κ3) is 2.89. The number of benzene rings is 2. The fourth-order valence-corrected chi connectivity index (χ4v) is 4.16. The highest BCUT2D eigenvalue weighted by molar-refractivity contribution is 6.08. The smallest absolute Gasteiger partial charge is 0.187 e. The zero-order valence-corrected chi connectivity index (χ0v) is 13.9. The Hall–Kier alpha value is -2.35. The predicted octanol–water partition coefficient (Wildman–Crippen LogP) is 4.76. The second kappa shape index (κ2) is 6.27. The van der Waals surface area contributed by atoms with Crippen molar-refractivity contribution in [3.8, 4) is 0 Å². The Kier molecular flexibility index (Phi) is 3.97. The summed E-state index contributed by atoms with van der Waals surface area (Å²) >= 11 is 0. The molecule has 1 fully saturated rings.